The van der Waals surface area contributed by atoms with Gasteiger partial charge in [0.2, 0.25) is 0 Å². The minimum Gasteiger partial charge on any atom is -0.461 e. The molecule has 0 amide bonds. The second-order valence-electron chi connectivity index (χ2n) is 4.54. The van der Waals surface area contributed by atoms with E-state index in [9.17, 15) is 4.79 Å². The molecule has 22 heavy (non-hydrogen) atoms. The summed E-state index contributed by atoms with van der Waals surface area (Å²) in [6.07, 6.45) is 2.90. The van der Waals surface area contributed by atoms with Gasteiger partial charge in [0.15, 0.2) is 12.0 Å². The molecule has 0 aliphatic heterocycles. The molecule has 0 unspecified atom stereocenters. The van der Waals surface area contributed by atoms with Gasteiger partial charge in [0.1, 0.15) is 5.65 Å². The summed E-state index contributed by atoms with van der Waals surface area (Å²) in [5.41, 5.74) is 2.02. The van der Waals surface area contributed by atoms with Gasteiger partial charge in [-0.25, -0.2) is 9.78 Å². The number of methoxy groups -OCH3 is 2. The summed E-state index contributed by atoms with van der Waals surface area (Å²) < 4.78 is 22.3. The van der Waals surface area contributed by atoms with E-state index in [0.29, 0.717) is 31.2 Å². The molecular formula is C15H20N2O5. The van der Waals surface area contributed by atoms with E-state index >= 15 is 0 Å². The van der Waals surface area contributed by atoms with Crippen LogP contribution in [0.15, 0.2) is 24.5 Å². The standard InChI is InChI=1S/C15H20N2O5/c1-4-22-15(18)12-8-16-13-7-11(5-6-17(12)13)9-21-10-14(19-2)20-3/h5-8,14H,4,9-10H2,1-3H3. The van der Waals surface area contributed by atoms with Crippen LogP contribution in [0.1, 0.15) is 23.0 Å². The number of hydrogen-bond acceptors (Lipinski definition) is 6. The molecule has 0 radical (unpaired) electrons. The Hall–Kier alpha value is -1.96. The third-order valence-corrected chi connectivity index (χ3v) is 3.11. The van der Waals surface area contributed by atoms with Crippen molar-refractivity contribution in [2.45, 2.75) is 19.8 Å². The highest BCUT2D eigenvalue weighted by molar-refractivity contribution is 5.88. The van der Waals surface area contributed by atoms with E-state index in [1.807, 2.05) is 12.1 Å². The largest absolute Gasteiger partial charge is 0.461 e. The van der Waals surface area contributed by atoms with Crippen molar-refractivity contribution in [1.29, 1.82) is 0 Å². The lowest BCUT2D eigenvalue weighted by Crippen LogP contribution is -2.20. The molecule has 0 aromatic carbocycles. The second-order valence-corrected chi connectivity index (χ2v) is 4.54. The summed E-state index contributed by atoms with van der Waals surface area (Å²) >= 11 is 0. The van der Waals surface area contributed by atoms with Crippen LogP contribution >= 0.6 is 0 Å². The van der Waals surface area contributed by atoms with Gasteiger partial charge in [0.05, 0.1) is 26.0 Å². The molecule has 2 aromatic heterocycles. The van der Waals surface area contributed by atoms with Crippen LogP contribution in [0.5, 0.6) is 0 Å². The summed E-state index contributed by atoms with van der Waals surface area (Å²) in [7, 11) is 3.12. The van der Waals surface area contributed by atoms with Gasteiger partial charge in [0.25, 0.3) is 0 Å². The van der Waals surface area contributed by atoms with E-state index in [4.69, 9.17) is 18.9 Å². The zero-order valence-corrected chi connectivity index (χ0v) is 12.9. The van der Waals surface area contributed by atoms with Gasteiger partial charge in [-0.05, 0) is 24.6 Å². The Bertz CT molecular complexity index is 621. The van der Waals surface area contributed by atoms with Gasteiger partial charge < -0.3 is 18.9 Å². The van der Waals surface area contributed by atoms with E-state index in [1.165, 1.54) is 6.20 Å². The van der Waals surface area contributed by atoms with E-state index in [-0.39, 0.29) is 12.3 Å². The average molecular weight is 308 g/mol. The highest BCUT2D eigenvalue weighted by Gasteiger charge is 2.13. The summed E-state index contributed by atoms with van der Waals surface area (Å²) in [5.74, 6) is -0.387. The molecule has 0 atom stereocenters. The number of hydrogen-bond donors (Lipinski definition) is 0. The lowest BCUT2D eigenvalue weighted by atomic mass is 10.3. The van der Waals surface area contributed by atoms with Crippen LogP contribution in [0, 0.1) is 0 Å². The maximum absolute atomic E-state index is 11.8. The fourth-order valence-electron chi connectivity index (χ4n) is 1.97. The molecule has 2 rings (SSSR count). The number of carbonyl (C=O) groups excluding carboxylic acids is 1. The number of nitrogens with zero attached hydrogens (tertiary/aromatic N) is 2. The van der Waals surface area contributed by atoms with Crippen LogP contribution in [0.4, 0.5) is 0 Å². The van der Waals surface area contributed by atoms with Crippen molar-refractivity contribution in [3.8, 4) is 0 Å². The van der Waals surface area contributed by atoms with Crippen LogP contribution in [0.3, 0.4) is 0 Å². The Kier molecular flexibility index (Phi) is 5.88. The van der Waals surface area contributed by atoms with Gasteiger partial charge in [-0.1, -0.05) is 0 Å². The Morgan fingerprint density at radius 2 is 2.14 bits per heavy atom. The van der Waals surface area contributed by atoms with Crippen molar-refractivity contribution in [2.24, 2.45) is 0 Å². The molecule has 2 aromatic rings. The van der Waals surface area contributed by atoms with E-state index in [2.05, 4.69) is 4.98 Å². The van der Waals surface area contributed by atoms with Crippen molar-refractivity contribution in [3.63, 3.8) is 0 Å². The maximum atomic E-state index is 11.8. The zero-order valence-electron chi connectivity index (χ0n) is 12.9. The van der Waals surface area contributed by atoms with Crippen molar-refractivity contribution in [3.05, 3.63) is 35.8 Å². The lowest BCUT2D eigenvalue weighted by Gasteiger charge is -2.13. The van der Waals surface area contributed by atoms with Gasteiger partial charge in [0, 0.05) is 20.4 Å². The maximum Gasteiger partial charge on any atom is 0.356 e. The third-order valence-electron chi connectivity index (χ3n) is 3.11. The minimum atomic E-state index is -0.387. The summed E-state index contributed by atoms with van der Waals surface area (Å²) in [6.45, 7) is 2.84. The molecule has 0 saturated heterocycles. The van der Waals surface area contributed by atoms with Crippen molar-refractivity contribution in [2.75, 3.05) is 27.4 Å². The Morgan fingerprint density at radius 3 is 2.82 bits per heavy atom. The number of aromatic nitrogens is 2. The second kappa shape index (κ2) is 7.88. The van der Waals surface area contributed by atoms with Crippen LogP contribution in [-0.2, 0) is 25.6 Å². The van der Waals surface area contributed by atoms with Gasteiger partial charge in [-0.2, -0.15) is 0 Å². The SMILES string of the molecule is CCOC(=O)c1cnc2cc(COCC(OC)OC)ccn12. The van der Waals surface area contributed by atoms with Crippen molar-refractivity contribution in [1.82, 2.24) is 9.38 Å². The molecule has 120 valence electrons. The molecule has 0 bridgehead atoms. The monoisotopic (exact) mass is 308 g/mol. The normalized spacial score (nSPS) is 11.3. The predicted octanol–water partition coefficient (Wildman–Crippen LogP) is 1.65. The quantitative estimate of drug-likeness (QED) is 0.545. The molecule has 0 aliphatic carbocycles. The number of ether oxygens (including phenoxy) is 4. The Labute approximate surface area is 128 Å². The highest BCUT2D eigenvalue weighted by atomic mass is 16.7. The highest BCUT2D eigenvalue weighted by Crippen LogP contribution is 2.12. The van der Waals surface area contributed by atoms with Crippen LogP contribution in [0.2, 0.25) is 0 Å². The number of imidazole rings is 1. The summed E-state index contributed by atoms with van der Waals surface area (Å²) in [5, 5.41) is 0. The van der Waals surface area contributed by atoms with Crippen LogP contribution < -0.4 is 0 Å². The fourth-order valence-corrected chi connectivity index (χ4v) is 1.97. The topological polar surface area (TPSA) is 71.3 Å². The molecule has 7 heteroatoms. The number of carbonyl (C=O) groups is 1. The molecule has 0 aliphatic rings. The number of pyridine rings is 1. The fraction of sp³-hybridized carbons (Fsp3) is 0.467. The van der Waals surface area contributed by atoms with Crippen LogP contribution in [-0.4, -0.2) is 49.1 Å². The first-order chi connectivity index (χ1) is 10.7. The van der Waals surface area contributed by atoms with E-state index < -0.39 is 0 Å². The molecule has 2 heterocycles. The van der Waals surface area contributed by atoms with Crippen LogP contribution in [0.25, 0.3) is 5.65 Å². The molecule has 0 saturated carbocycles. The average Bonchev–Trinajstić information content (AvgIpc) is 2.95. The number of fused-ring (bicyclic) bond motifs is 1. The summed E-state index contributed by atoms with van der Waals surface area (Å²) in [6, 6.07) is 3.73. The van der Waals surface area contributed by atoms with E-state index in [1.54, 1.807) is 31.7 Å². The third kappa shape index (κ3) is 3.82. The Morgan fingerprint density at radius 1 is 1.36 bits per heavy atom. The first-order valence-corrected chi connectivity index (χ1v) is 6.96. The Balaban J connectivity index is 2.04. The van der Waals surface area contributed by atoms with Crippen molar-refractivity contribution < 1.29 is 23.7 Å². The smallest absolute Gasteiger partial charge is 0.356 e. The number of rotatable bonds is 8. The summed E-state index contributed by atoms with van der Waals surface area (Å²) in [4.78, 5) is 16.0. The number of esters is 1. The molecule has 0 fully saturated rings. The first kappa shape index (κ1) is 16.4. The zero-order chi connectivity index (χ0) is 15.9. The molecule has 0 spiro atoms. The lowest BCUT2D eigenvalue weighted by molar-refractivity contribution is -0.142. The van der Waals surface area contributed by atoms with Gasteiger partial charge in [-0.15, -0.1) is 0 Å². The minimum absolute atomic E-state index is 0.332. The van der Waals surface area contributed by atoms with Gasteiger partial charge in [-0.3, -0.25) is 4.40 Å². The molecule has 7 nitrogen and oxygen atoms in total. The van der Waals surface area contributed by atoms with Gasteiger partial charge >= 0.3 is 5.97 Å². The first-order valence-electron chi connectivity index (χ1n) is 6.96. The predicted molar refractivity (Wildman–Crippen MR) is 78.6 cm³/mol. The molecular weight excluding hydrogens is 288 g/mol. The van der Waals surface area contributed by atoms with E-state index in [0.717, 1.165) is 5.56 Å². The molecule has 0 N–H and O–H groups in total. The van der Waals surface area contributed by atoms with Crippen molar-refractivity contribution >= 4 is 11.6 Å².